The van der Waals surface area contributed by atoms with Crippen molar-refractivity contribution in [2.75, 3.05) is 6.61 Å². The molecule has 3 heteroatoms. The van der Waals surface area contributed by atoms with Gasteiger partial charge in [-0.15, -0.1) is 0 Å². The number of halogens is 1. The van der Waals surface area contributed by atoms with Crippen LogP contribution in [0.1, 0.15) is 47.5 Å². The zero-order valence-corrected chi connectivity index (χ0v) is 14.0. The Kier molecular flexibility index (Phi) is 5.56. The van der Waals surface area contributed by atoms with E-state index in [1.165, 1.54) is 0 Å². The highest BCUT2D eigenvalue weighted by molar-refractivity contribution is 9.10. The average Bonchev–Trinajstić information content (AvgIpc) is 2.01. The highest BCUT2D eigenvalue weighted by Crippen LogP contribution is 2.37. The van der Waals surface area contributed by atoms with E-state index in [0.717, 1.165) is 19.4 Å². The van der Waals surface area contributed by atoms with Gasteiger partial charge < -0.3 is 4.43 Å². The first kappa shape index (κ1) is 15.7. The fourth-order valence-corrected chi connectivity index (χ4v) is 2.12. The second-order valence-electron chi connectivity index (χ2n) is 6.13. The summed E-state index contributed by atoms with van der Waals surface area (Å²) in [7, 11) is -1.54. The molecule has 0 heterocycles. The third-order valence-electron chi connectivity index (χ3n) is 3.63. The molecule has 0 N–H and O–H groups in total. The number of rotatable bonds is 5. The monoisotopic (exact) mass is 294 g/mol. The molecule has 0 saturated heterocycles. The Hall–Kier alpha value is 0.657. The molecule has 0 saturated carbocycles. The van der Waals surface area contributed by atoms with Crippen LogP contribution in [0, 0.1) is 0 Å². The third kappa shape index (κ3) is 5.50. The Morgan fingerprint density at radius 2 is 1.60 bits per heavy atom. The Bertz CT molecular complexity index is 194. The first-order chi connectivity index (χ1) is 6.52. The molecule has 0 amide bonds. The van der Waals surface area contributed by atoms with E-state index in [-0.39, 0.29) is 4.32 Å². The maximum Gasteiger partial charge on any atom is 0.191 e. The molecule has 1 unspecified atom stereocenters. The van der Waals surface area contributed by atoms with Crippen molar-refractivity contribution in [2.24, 2.45) is 0 Å². The molecule has 0 spiro atoms. The van der Waals surface area contributed by atoms with Gasteiger partial charge >= 0.3 is 0 Å². The lowest BCUT2D eigenvalue weighted by atomic mass is 10.1. The summed E-state index contributed by atoms with van der Waals surface area (Å²) in [6, 6.07) is 0. The Morgan fingerprint density at radius 1 is 1.13 bits per heavy atom. The van der Waals surface area contributed by atoms with Crippen LogP contribution < -0.4 is 0 Å². The lowest BCUT2D eigenvalue weighted by Crippen LogP contribution is -2.41. The van der Waals surface area contributed by atoms with Crippen molar-refractivity contribution in [3.8, 4) is 0 Å². The number of alkyl halides is 1. The molecule has 1 atom stereocenters. The molecule has 0 radical (unpaired) electrons. The SMILES string of the molecule is CCC(C)(Br)CCO[Si](C)(C)C(C)(C)C. The molecule has 0 aliphatic carbocycles. The molecule has 0 aliphatic heterocycles. The van der Waals surface area contributed by atoms with Gasteiger partial charge in [-0.25, -0.2) is 0 Å². The van der Waals surface area contributed by atoms with Gasteiger partial charge in [0.2, 0.25) is 0 Å². The first-order valence-corrected chi connectivity index (χ1v) is 9.55. The van der Waals surface area contributed by atoms with Crippen LogP contribution >= 0.6 is 15.9 Å². The van der Waals surface area contributed by atoms with Crippen molar-refractivity contribution >= 4 is 24.2 Å². The molecule has 15 heavy (non-hydrogen) atoms. The van der Waals surface area contributed by atoms with Crippen LogP contribution in [-0.4, -0.2) is 19.2 Å². The van der Waals surface area contributed by atoms with E-state index >= 15 is 0 Å². The van der Waals surface area contributed by atoms with Crippen LogP contribution in [0.4, 0.5) is 0 Å². The standard InChI is InChI=1S/C12H27BrOSi/c1-8-12(5,13)9-10-14-15(6,7)11(2,3)4/h8-10H2,1-7H3. The Labute approximate surface area is 105 Å². The molecule has 0 aromatic carbocycles. The van der Waals surface area contributed by atoms with Gasteiger partial charge in [0.1, 0.15) is 0 Å². The summed E-state index contributed by atoms with van der Waals surface area (Å²) in [5.74, 6) is 0. The minimum Gasteiger partial charge on any atom is -0.417 e. The minimum atomic E-state index is -1.54. The number of hydrogen-bond acceptors (Lipinski definition) is 1. The van der Waals surface area contributed by atoms with E-state index < -0.39 is 8.32 Å². The maximum atomic E-state index is 6.14. The van der Waals surface area contributed by atoms with E-state index in [1.54, 1.807) is 0 Å². The smallest absolute Gasteiger partial charge is 0.191 e. The molecule has 0 rings (SSSR count). The highest BCUT2D eigenvalue weighted by Gasteiger charge is 2.37. The fraction of sp³-hybridized carbons (Fsp3) is 1.00. The summed E-state index contributed by atoms with van der Waals surface area (Å²) in [5.41, 5.74) is 0. The van der Waals surface area contributed by atoms with E-state index in [9.17, 15) is 0 Å². The van der Waals surface area contributed by atoms with Crippen molar-refractivity contribution in [1.29, 1.82) is 0 Å². The molecule has 1 nitrogen and oxygen atoms in total. The van der Waals surface area contributed by atoms with Gasteiger partial charge in [0.25, 0.3) is 0 Å². The Balaban J connectivity index is 4.07. The minimum absolute atomic E-state index is 0.245. The van der Waals surface area contributed by atoms with E-state index in [2.05, 4.69) is 63.6 Å². The molecule has 0 aromatic rings. The van der Waals surface area contributed by atoms with Gasteiger partial charge in [0.15, 0.2) is 8.32 Å². The lowest BCUT2D eigenvalue weighted by molar-refractivity contribution is 0.268. The summed E-state index contributed by atoms with van der Waals surface area (Å²) in [5, 5.41) is 0.321. The molecule has 0 fully saturated rings. The Morgan fingerprint density at radius 3 is 1.93 bits per heavy atom. The van der Waals surface area contributed by atoms with Crippen LogP contribution in [0.5, 0.6) is 0 Å². The lowest BCUT2D eigenvalue weighted by Gasteiger charge is -2.37. The first-order valence-electron chi connectivity index (χ1n) is 5.85. The van der Waals surface area contributed by atoms with Gasteiger partial charge in [-0.1, -0.05) is 43.6 Å². The van der Waals surface area contributed by atoms with E-state index in [1.807, 2.05) is 0 Å². The summed E-state index contributed by atoms with van der Waals surface area (Å²) < 4.78 is 6.39. The molecular formula is C12H27BrOSi. The van der Waals surface area contributed by atoms with Gasteiger partial charge in [-0.05, 0) is 37.9 Å². The molecule has 0 bridgehead atoms. The van der Waals surface area contributed by atoms with Crippen molar-refractivity contribution in [2.45, 2.75) is 69.9 Å². The molecule has 0 aliphatic rings. The molecule has 0 aromatic heterocycles. The second kappa shape index (κ2) is 5.33. The fourth-order valence-electron chi connectivity index (χ4n) is 0.912. The van der Waals surface area contributed by atoms with Crippen LogP contribution in [0.15, 0.2) is 0 Å². The van der Waals surface area contributed by atoms with Crippen molar-refractivity contribution in [1.82, 2.24) is 0 Å². The molecule has 92 valence electrons. The summed E-state index contributed by atoms with van der Waals surface area (Å²) >= 11 is 3.73. The van der Waals surface area contributed by atoms with Crippen molar-refractivity contribution in [3.05, 3.63) is 0 Å². The normalized spacial score (nSPS) is 17.6. The van der Waals surface area contributed by atoms with Gasteiger partial charge in [-0.2, -0.15) is 0 Å². The highest BCUT2D eigenvalue weighted by atomic mass is 79.9. The summed E-state index contributed by atoms with van der Waals surface area (Å²) in [6.07, 6.45) is 2.24. The quantitative estimate of drug-likeness (QED) is 0.514. The van der Waals surface area contributed by atoms with Gasteiger partial charge in [0.05, 0.1) is 0 Å². The maximum absolute atomic E-state index is 6.14. The zero-order chi connectivity index (χ0) is 12.3. The number of hydrogen-bond donors (Lipinski definition) is 0. The van der Waals surface area contributed by atoms with E-state index in [0.29, 0.717) is 5.04 Å². The summed E-state index contributed by atoms with van der Waals surface area (Å²) in [6.45, 7) is 16.8. The van der Waals surface area contributed by atoms with E-state index in [4.69, 9.17) is 4.43 Å². The predicted octanol–water partition coefficient (Wildman–Crippen LogP) is 4.96. The van der Waals surface area contributed by atoms with Crippen LogP contribution in [-0.2, 0) is 4.43 Å². The van der Waals surface area contributed by atoms with Gasteiger partial charge in [-0.3, -0.25) is 0 Å². The van der Waals surface area contributed by atoms with Crippen LogP contribution in [0.3, 0.4) is 0 Å². The topological polar surface area (TPSA) is 9.23 Å². The second-order valence-corrected chi connectivity index (χ2v) is 12.8. The van der Waals surface area contributed by atoms with Crippen LogP contribution in [0.2, 0.25) is 18.1 Å². The third-order valence-corrected chi connectivity index (χ3v) is 9.13. The zero-order valence-electron chi connectivity index (χ0n) is 11.4. The van der Waals surface area contributed by atoms with Crippen molar-refractivity contribution in [3.63, 3.8) is 0 Å². The van der Waals surface area contributed by atoms with Gasteiger partial charge in [0, 0.05) is 10.9 Å². The van der Waals surface area contributed by atoms with Crippen LogP contribution in [0.25, 0.3) is 0 Å². The average molecular weight is 295 g/mol. The predicted molar refractivity (Wildman–Crippen MR) is 75.4 cm³/mol. The summed E-state index contributed by atoms with van der Waals surface area (Å²) in [4.78, 5) is 0. The van der Waals surface area contributed by atoms with Crippen molar-refractivity contribution < 1.29 is 4.43 Å². The largest absolute Gasteiger partial charge is 0.417 e. The molecular weight excluding hydrogens is 268 g/mol.